The maximum absolute atomic E-state index is 2.62. The van der Waals surface area contributed by atoms with Crippen molar-refractivity contribution in [2.75, 3.05) is 0 Å². The van der Waals surface area contributed by atoms with E-state index in [4.69, 9.17) is 0 Å². The molecule has 0 radical (unpaired) electrons. The highest BCUT2D eigenvalue weighted by molar-refractivity contribution is 6.55. The van der Waals surface area contributed by atoms with E-state index in [0.717, 1.165) is 0 Å². The Morgan fingerprint density at radius 1 is 1.19 bits per heavy atom. The largest absolute Gasteiger partial charge is 0.375 e. The Morgan fingerprint density at radius 3 is 2.62 bits per heavy atom. The first-order chi connectivity index (χ1) is 7.74. The van der Waals surface area contributed by atoms with Crippen molar-refractivity contribution in [2.24, 2.45) is 0 Å². The van der Waals surface area contributed by atoms with Gasteiger partial charge in [-0.05, 0) is 30.4 Å². The van der Waals surface area contributed by atoms with Gasteiger partial charge in [0.25, 0.3) is 0 Å². The van der Waals surface area contributed by atoms with Gasteiger partial charge >= 0.3 is 0 Å². The molecule has 1 aromatic heterocycles. The number of fused-ring (bicyclic) bond motifs is 1. The molecule has 0 aliphatic rings. The minimum absolute atomic E-state index is 0.796. The van der Waals surface area contributed by atoms with Crippen molar-refractivity contribution in [3.63, 3.8) is 0 Å². The predicted molar refractivity (Wildman–Crippen MR) is 74.8 cm³/mol. The van der Waals surface area contributed by atoms with E-state index in [1.54, 1.807) is 5.69 Å². The van der Waals surface area contributed by atoms with Gasteiger partial charge in [0.1, 0.15) is 8.96 Å². The van der Waals surface area contributed by atoms with Crippen LogP contribution in [0.2, 0.25) is 13.1 Å². The summed E-state index contributed by atoms with van der Waals surface area (Å²) >= 11 is 0. The number of hydrogen-bond acceptors (Lipinski definition) is 0. The topological polar surface area (TPSA) is 4.93 Å². The molecule has 2 rings (SSSR count). The van der Waals surface area contributed by atoms with E-state index in [1.807, 2.05) is 0 Å². The van der Waals surface area contributed by atoms with Crippen LogP contribution in [0, 0.1) is 0 Å². The smallest absolute Gasteiger partial charge is 0.140 e. The van der Waals surface area contributed by atoms with Crippen LogP contribution in [0.5, 0.6) is 0 Å². The van der Waals surface area contributed by atoms with E-state index in [2.05, 4.69) is 54.6 Å². The standard InChI is InChI=1S/C14H21NSi/c1-4-5-9-13-11-12-8-6-7-10-14(12)15(13)16(2)3/h6-8,10-11,16H,4-5,9H2,1-3H3. The van der Waals surface area contributed by atoms with Crippen LogP contribution in [0.25, 0.3) is 10.9 Å². The minimum atomic E-state index is -0.796. The number of hydrogen-bond donors (Lipinski definition) is 0. The van der Waals surface area contributed by atoms with Crippen LogP contribution >= 0.6 is 0 Å². The SMILES string of the molecule is CCCCc1cc2ccccc2n1[SiH](C)C. The van der Waals surface area contributed by atoms with Crippen molar-refractivity contribution in [3.8, 4) is 0 Å². The van der Waals surface area contributed by atoms with Gasteiger partial charge in [-0.25, -0.2) is 0 Å². The Balaban J connectivity index is 2.50. The molecule has 1 heterocycles. The summed E-state index contributed by atoms with van der Waals surface area (Å²) in [6, 6.07) is 11.2. The summed E-state index contributed by atoms with van der Waals surface area (Å²) in [5.74, 6) is 0. The number of para-hydroxylation sites is 1. The van der Waals surface area contributed by atoms with E-state index in [-0.39, 0.29) is 0 Å². The lowest BCUT2D eigenvalue weighted by Crippen LogP contribution is -2.17. The van der Waals surface area contributed by atoms with Crippen LogP contribution in [0.1, 0.15) is 25.5 Å². The highest BCUT2D eigenvalue weighted by Crippen LogP contribution is 2.21. The molecular formula is C14H21NSi. The minimum Gasteiger partial charge on any atom is -0.375 e. The molecule has 0 atom stereocenters. The Morgan fingerprint density at radius 2 is 1.94 bits per heavy atom. The first kappa shape index (κ1) is 11.5. The Bertz CT molecular complexity index is 471. The van der Waals surface area contributed by atoms with Gasteiger partial charge in [0.15, 0.2) is 0 Å². The zero-order chi connectivity index (χ0) is 11.5. The van der Waals surface area contributed by atoms with Crippen LogP contribution in [-0.4, -0.2) is 13.2 Å². The molecular weight excluding hydrogens is 210 g/mol. The second-order valence-electron chi connectivity index (χ2n) is 4.76. The molecule has 0 saturated carbocycles. The van der Waals surface area contributed by atoms with Gasteiger partial charge in [-0.3, -0.25) is 0 Å². The Labute approximate surface area is 99.8 Å². The first-order valence-corrected chi connectivity index (χ1v) is 9.15. The van der Waals surface area contributed by atoms with Crippen molar-refractivity contribution in [2.45, 2.75) is 39.3 Å². The number of aryl methyl sites for hydroxylation is 1. The fourth-order valence-corrected chi connectivity index (χ4v) is 4.05. The zero-order valence-electron chi connectivity index (χ0n) is 10.5. The van der Waals surface area contributed by atoms with E-state index < -0.39 is 8.96 Å². The monoisotopic (exact) mass is 231 g/mol. The van der Waals surface area contributed by atoms with Crippen LogP contribution in [-0.2, 0) is 6.42 Å². The van der Waals surface area contributed by atoms with E-state index in [1.165, 1.54) is 30.2 Å². The molecule has 0 aliphatic carbocycles. The zero-order valence-corrected chi connectivity index (χ0v) is 11.7. The molecule has 16 heavy (non-hydrogen) atoms. The van der Waals surface area contributed by atoms with E-state index in [9.17, 15) is 0 Å². The molecule has 0 amide bonds. The van der Waals surface area contributed by atoms with Crippen LogP contribution in [0.4, 0.5) is 0 Å². The molecule has 86 valence electrons. The number of aromatic nitrogens is 1. The van der Waals surface area contributed by atoms with Gasteiger partial charge in [0.05, 0.1) is 0 Å². The van der Waals surface area contributed by atoms with Crippen molar-refractivity contribution >= 4 is 19.9 Å². The molecule has 0 aliphatic heterocycles. The van der Waals surface area contributed by atoms with Crippen molar-refractivity contribution in [3.05, 3.63) is 36.0 Å². The van der Waals surface area contributed by atoms with E-state index in [0.29, 0.717) is 0 Å². The van der Waals surface area contributed by atoms with Crippen LogP contribution in [0.15, 0.2) is 30.3 Å². The van der Waals surface area contributed by atoms with Gasteiger partial charge in [0, 0.05) is 11.2 Å². The van der Waals surface area contributed by atoms with Crippen molar-refractivity contribution < 1.29 is 0 Å². The van der Waals surface area contributed by atoms with Gasteiger partial charge in [-0.1, -0.05) is 44.6 Å². The van der Waals surface area contributed by atoms with Crippen molar-refractivity contribution in [1.82, 2.24) is 4.23 Å². The molecule has 2 aromatic rings. The summed E-state index contributed by atoms with van der Waals surface area (Å²) < 4.78 is 2.62. The second kappa shape index (κ2) is 4.87. The lowest BCUT2D eigenvalue weighted by atomic mass is 10.2. The summed E-state index contributed by atoms with van der Waals surface area (Å²) in [4.78, 5) is 0. The average Bonchev–Trinajstić information content (AvgIpc) is 2.64. The fourth-order valence-electron chi connectivity index (χ4n) is 2.39. The summed E-state index contributed by atoms with van der Waals surface area (Å²) in [6.45, 7) is 7.07. The third-order valence-corrected chi connectivity index (χ3v) is 4.77. The van der Waals surface area contributed by atoms with Crippen molar-refractivity contribution in [1.29, 1.82) is 0 Å². The summed E-state index contributed by atoms with van der Waals surface area (Å²) in [7, 11) is -0.796. The highest BCUT2D eigenvalue weighted by atomic mass is 28.3. The van der Waals surface area contributed by atoms with Gasteiger partial charge in [0.2, 0.25) is 0 Å². The quantitative estimate of drug-likeness (QED) is 0.705. The number of unbranched alkanes of at least 4 members (excludes halogenated alkanes) is 1. The third-order valence-electron chi connectivity index (χ3n) is 3.13. The Hall–Kier alpha value is -1.02. The number of nitrogens with zero attached hydrogens (tertiary/aromatic N) is 1. The molecule has 1 aromatic carbocycles. The number of benzene rings is 1. The third kappa shape index (κ3) is 2.07. The average molecular weight is 231 g/mol. The molecule has 1 nitrogen and oxygen atoms in total. The van der Waals surface area contributed by atoms with Crippen LogP contribution in [0.3, 0.4) is 0 Å². The highest BCUT2D eigenvalue weighted by Gasteiger charge is 2.10. The van der Waals surface area contributed by atoms with Crippen LogP contribution < -0.4 is 0 Å². The van der Waals surface area contributed by atoms with Gasteiger partial charge < -0.3 is 4.23 Å². The maximum Gasteiger partial charge on any atom is 0.140 e. The molecule has 0 fully saturated rings. The van der Waals surface area contributed by atoms with Gasteiger partial charge in [-0.15, -0.1) is 0 Å². The van der Waals surface area contributed by atoms with Gasteiger partial charge in [-0.2, -0.15) is 0 Å². The predicted octanol–water partition coefficient (Wildman–Crippen LogP) is 3.82. The molecule has 0 saturated heterocycles. The summed E-state index contributed by atoms with van der Waals surface area (Å²) in [5, 5.41) is 1.41. The Kier molecular flexibility index (Phi) is 3.49. The number of rotatable bonds is 4. The summed E-state index contributed by atoms with van der Waals surface area (Å²) in [6.07, 6.45) is 3.81. The molecule has 0 unspecified atom stereocenters. The first-order valence-electron chi connectivity index (χ1n) is 6.33. The lowest BCUT2D eigenvalue weighted by molar-refractivity contribution is 0.773. The molecule has 0 N–H and O–H groups in total. The molecule has 2 heteroatoms. The maximum atomic E-state index is 2.62. The second-order valence-corrected chi connectivity index (χ2v) is 7.47. The fraction of sp³-hybridized carbons (Fsp3) is 0.429. The molecule has 0 spiro atoms. The normalized spacial score (nSPS) is 11.5. The van der Waals surface area contributed by atoms with E-state index >= 15 is 0 Å². The lowest BCUT2D eigenvalue weighted by Gasteiger charge is -2.13. The summed E-state index contributed by atoms with van der Waals surface area (Å²) in [5.41, 5.74) is 2.99. The molecule has 0 bridgehead atoms.